The third-order valence-corrected chi connectivity index (χ3v) is 4.93. The standard InChI is InChI=1S/C28H40N2O6/c1-8-13-20(9-2)18-35-26(33)23(16-19(3)4)29-25(32)24(31)22(17-21-14-11-10-12-15-21)30-27(34)36-28(5,6)7/h8-15,19,22-24,31H,1-2,16-18H2,3-7H3,(H,29,32)(H,30,34)/b20-13+. The topological polar surface area (TPSA) is 114 Å². The van der Waals surface area contributed by atoms with Crippen LogP contribution in [0, 0.1) is 5.92 Å². The van der Waals surface area contributed by atoms with Crippen molar-refractivity contribution in [2.24, 2.45) is 5.92 Å². The van der Waals surface area contributed by atoms with Crippen molar-refractivity contribution in [3.8, 4) is 0 Å². The zero-order chi connectivity index (χ0) is 27.3. The summed E-state index contributed by atoms with van der Waals surface area (Å²) in [5.74, 6) is -1.39. The van der Waals surface area contributed by atoms with Gasteiger partial charge in [0.2, 0.25) is 0 Å². The predicted octanol–water partition coefficient (Wildman–Crippen LogP) is 3.86. The molecule has 3 N–H and O–H groups in total. The lowest BCUT2D eigenvalue weighted by Crippen LogP contribution is -2.55. The molecule has 0 heterocycles. The van der Waals surface area contributed by atoms with Crippen molar-refractivity contribution in [1.29, 1.82) is 0 Å². The fraction of sp³-hybridized carbons (Fsp3) is 0.464. The van der Waals surface area contributed by atoms with Crippen molar-refractivity contribution in [3.05, 3.63) is 72.9 Å². The van der Waals surface area contributed by atoms with E-state index in [2.05, 4.69) is 23.8 Å². The van der Waals surface area contributed by atoms with E-state index in [9.17, 15) is 19.5 Å². The van der Waals surface area contributed by atoms with E-state index < -0.39 is 41.8 Å². The lowest BCUT2D eigenvalue weighted by atomic mass is 9.99. The summed E-state index contributed by atoms with van der Waals surface area (Å²) in [5.41, 5.74) is 0.692. The molecule has 1 rings (SSSR count). The van der Waals surface area contributed by atoms with Crippen LogP contribution in [-0.4, -0.2) is 53.5 Å². The summed E-state index contributed by atoms with van der Waals surface area (Å²) < 4.78 is 10.7. The van der Waals surface area contributed by atoms with Crippen molar-refractivity contribution in [3.63, 3.8) is 0 Å². The number of aliphatic hydroxyl groups is 1. The minimum Gasteiger partial charge on any atom is -0.459 e. The van der Waals surface area contributed by atoms with Crippen molar-refractivity contribution < 1.29 is 29.0 Å². The molecule has 0 saturated carbocycles. The number of rotatable bonds is 13. The molecule has 0 aliphatic carbocycles. The number of nitrogens with one attached hydrogen (secondary N) is 2. The Morgan fingerprint density at radius 1 is 1.08 bits per heavy atom. The van der Waals surface area contributed by atoms with Crippen LogP contribution in [-0.2, 0) is 25.5 Å². The van der Waals surface area contributed by atoms with Gasteiger partial charge in [-0.2, -0.15) is 0 Å². The summed E-state index contributed by atoms with van der Waals surface area (Å²) in [4.78, 5) is 38.2. The largest absolute Gasteiger partial charge is 0.459 e. The average Bonchev–Trinajstić information content (AvgIpc) is 2.79. The van der Waals surface area contributed by atoms with Crippen LogP contribution in [0.25, 0.3) is 0 Å². The molecular formula is C28H40N2O6. The van der Waals surface area contributed by atoms with Crippen LogP contribution in [0.5, 0.6) is 0 Å². The number of allylic oxidation sites excluding steroid dienone is 2. The summed E-state index contributed by atoms with van der Waals surface area (Å²) in [6, 6.07) is 7.13. The van der Waals surface area contributed by atoms with Gasteiger partial charge in [-0.15, -0.1) is 0 Å². The predicted molar refractivity (Wildman–Crippen MR) is 140 cm³/mol. The number of esters is 1. The van der Waals surface area contributed by atoms with E-state index in [1.807, 2.05) is 44.2 Å². The van der Waals surface area contributed by atoms with E-state index in [0.717, 1.165) is 5.56 Å². The van der Waals surface area contributed by atoms with Crippen LogP contribution in [0.15, 0.2) is 67.3 Å². The first-order valence-electron chi connectivity index (χ1n) is 12.0. The monoisotopic (exact) mass is 500 g/mol. The number of aliphatic hydroxyl groups excluding tert-OH is 1. The molecule has 0 aromatic heterocycles. The van der Waals surface area contributed by atoms with Gasteiger partial charge in [0, 0.05) is 0 Å². The van der Waals surface area contributed by atoms with Gasteiger partial charge in [0.1, 0.15) is 18.2 Å². The Labute approximate surface area is 214 Å². The molecule has 198 valence electrons. The van der Waals surface area contributed by atoms with E-state index in [1.54, 1.807) is 39.0 Å². The number of carbonyl (C=O) groups is 3. The minimum atomic E-state index is -1.65. The molecular weight excluding hydrogens is 460 g/mol. The fourth-order valence-corrected chi connectivity index (χ4v) is 3.28. The van der Waals surface area contributed by atoms with Gasteiger partial charge in [-0.3, -0.25) is 4.79 Å². The molecule has 0 aliphatic heterocycles. The average molecular weight is 501 g/mol. The highest BCUT2D eigenvalue weighted by Crippen LogP contribution is 2.13. The van der Waals surface area contributed by atoms with Crippen molar-refractivity contribution in [1.82, 2.24) is 10.6 Å². The zero-order valence-electron chi connectivity index (χ0n) is 22.0. The number of hydrogen-bond acceptors (Lipinski definition) is 6. The van der Waals surface area contributed by atoms with E-state index in [0.29, 0.717) is 12.0 Å². The van der Waals surface area contributed by atoms with Crippen LogP contribution in [0.1, 0.15) is 46.6 Å². The molecule has 0 radical (unpaired) electrons. The molecule has 8 nitrogen and oxygen atoms in total. The highest BCUT2D eigenvalue weighted by molar-refractivity contribution is 5.87. The van der Waals surface area contributed by atoms with Gasteiger partial charge in [-0.1, -0.05) is 75.6 Å². The van der Waals surface area contributed by atoms with Gasteiger partial charge < -0.3 is 25.2 Å². The maximum absolute atomic E-state index is 13.0. The first kappa shape index (κ1) is 30.6. The molecule has 0 aliphatic rings. The van der Waals surface area contributed by atoms with Gasteiger partial charge >= 0.3 is 12.1 Å². The Morgan fingerprint density at radius 2 is 1.72 bits per heavy atom. The summed E-state index contributed by atoms with van der Waals surface area (Å²) in [6.45, 7) is 16.2. The van der Waals surface area contributed by atoms with E-state index in [1.165, 1.54) is 0 Å². The van der Waals surface area contributed by atoms with Crippen LogP contribution < -0.4 is 10.6 Å². The van der Waals surface area contributed by atoms with Gasteiger partial charge in [0.05, 0.1) is 6.04 Å². The number of benzene rings is 1. The molecule has 2 amide bonds. The molecule has 1 aromatic rings. The molecule has 8 heteroatoms. The summed E-state index contributed by atoms with van der Waals surface area (Å²) in [6.07, 6.45) is 2.82. The molecule has 0 spiro atoms. The third-order valence-electron chi connectivity index (χ3n) is 4.93. The Bertz CT molecular complexity index is 918. The lowest BCUT2D eigenvalue weighted by Gasteiger charge is -2.27. The Balaban J connectivity index is 3.02. The maximum atomic E-state index is 13.0. The number of carbonyl (C=O) groups excluding carboxylic acids is 3. The summed E-state index contributed by atoms with van der Waals surface area (Å²) in [7, 11) is 0. The molecule has 0 saturated heterocycles. The van der Waals surface area contributed by atoms with E-state index >= 15 is 0 Å². The highest BCUT2D eigenvalue weighted by Gasteiger charge is 2.33. The second-order valence-corrected chi connectivity index (χ2v) is 9.87. The minimum absolute atomic E-state index is 0.0296. The quantitative estimate of drug-likeness (QED) is 0.280. The molecule has 3 atom stereocenters. The normalized spacial score (nSPS) is 14.2. The Morgan fingerprint density at radius 3 is 2.25 bits per heavy atom. The lowest BCUT2D eigenvalue weighted by molar-refractivity contribution is -0.148. The van der Waals surface area contributed by atoms with Crippen LogP contribution >= 0.6 is 0 Å². The second-order valence-electron chi connectivity index (χ2n) is 9.87. The maximum Gasteiger partial charge on any atom is 0.407 e. The van der Waals surface area contributed by atoms with Crippen LogP contribution in [0.2, 0.25) is 0 Å². The van der Waals surface area contributed by atoms with Crippen molar-refractivity contribution >= 4 is 18.0 Å². The van der Waals surface area contributed by atoms with E-state index in [-0.39, 0.29) is 18.9 Å². The summed E-state index contributed by atoms with van der Waals surface area (Å²) >= 11 is 0. The zero-order valence-corrected chi connectivity index (χ0v) is 22.0. The van der Waals surface area contributed by atoms with Gasteiger partial charge in [0.15, 0.2) is 6.10 Å². The highest BCUT2D eigenvalue weighted by atomic mass is 16.6. The molecule has 0 fully saturated rings. The van der Waals surface area contributed by atoms with Crippen LogP contribution in [0.4, 0.5) is 4.79 Å². The second kappa shape index (κ2) is 14.9. The van der Waals surface area contributed by atoms with E-state index in [4.69, 9.17) is 9.47 Å². The van der Waals surface area contributed by atoms with Gasteiger partial charge in [-0.05, 0) is 50.7 Å². The third kappa shape index (κ3) is 11.8. The number of alkyl carbamates (subject to hydrolysis) is 1. The first-order chi connectivity index (χ1) is 16.9. The Hall–Kier alpha value is -3.39. The smallest absolute Gasteiger partial charge is 0.407 e. The number of amides is 2. The van der Waals surface area contributed by atoms with Crippen molar-refractivity contribution in [2.45, 2.75) is 71.2 Å². The Kier molecular flexibility index (Phi) is 12.7. The molecule has 36 heavy (non-hydrogen) atoms. The SMILES string of the molecule is C=C/C=C(\C=C)COC(=O)C(CC(C)C)NC(=O)C(O)C(Cc1ccccc1)NC(=O)OC(C)(C)C. The molecule has 0 bridgehead atoms. The number of hydrogen-bond donors (Lipinski definition) is 3. The van der Waals surface area contributed by atoms with Gasteiger partial charge in [0.25, 0.3) is 5.91 Å². The molecule has 1 aromatic carbocycles. The first-order valence-corrected chi connectivity index (χ1v) is 12.0. The van der Waals surface area contributed by atoms with Crippen molar-refractivity contribution in [2.75, 3.05) is 6.61 Å². The summed E-state index contributed by atoms with van der Waals surface area (Å²) in [5, 5.41) is 16.1. The van der Waals surface area contributed by atoms with Gasteiger partial charge in [-0.25, -0.2) is 9.59 Å². The van der Waals surface area contributed by atoms with Crippen LogP contribution in [0.3, 0.4) is 0 Å². The molecule has 3 unspecified atom stereocenters. The fourth-order valence-electron chi connectivity index (χ4n) is 3.28. The number of ether oxygens (including phenoxy) is 2.